The molecule has 15 nitrogen and oxygen atoms in total. The minimum atomic E-state index is -1.19. The number of thiazole rings is 1. The average Bonchev–Trinajstić information content (AvgIpc) is 3.72. The van der Waals surface area contributed by atoms with Gasteiger partial charge in [-0.15, -0.1) is 11.3 Å². The van der Waals surface area contributed by atoms with Crippen LogP contribution in [0.25, 0.3) is 0 Å². The van der Waals surface area contributed by atoms with Crippen molar-refractivity contribution in [2.75, 3.05) is 32.1 Å². The molecule has 0 spiro atoms. The van der Waals surface area contributed by atoms with Gasteiger partial charge >= 0.3 is 11.9 Å². The summed E-state index contributed by atoms with van der Waals surface area (Å²) in [6.45, 7) is 15.3. The van der Waals surface area contributed by atoms with Crippen molar-refractivity contribution >= 4 is 52.6 Å². The molecular formula is C46H72N6O9S. The summed E-state index contributed by atoms with van der Waals surface area (Å²) in [6.07, 6.45) is 6.81. The summed E-state index contributed by atoms with van der Waals surface area (Å²) < 4.78 is 5.92. The molecule has 0 saturated carbocycles. The lowest BCUT2D eigenvalue weighted by atomic mass is 9.84. The Morgan fingerprint density at radius 3 is 2.29 bits per heavy atom. The highest BCUT2D eigenvalue weighted by Crippen LogP contribution is 2.32. The molecule has 1 aliphatic heterocycles. The van der Waals surface area contributed by atoms with Crippen molar-refractivity contribution in [3.63, 3.8) is 0 Å². The molecule has 4 amide bonds. The Morgan fingerprint density at radius 1 is 1.02 bits per heavy atom. The number of carbonyl (C=O) groups is 6. The number of unbranched alkanes of at least 4 members (excludes halogenated alkanes) is 3. The van der Waals surface area contributed by atoms with E-state index >= 15 is 0 Å². The SMILES string of the molecule is CCCCCCN(C(=O)[C@@H](NC(=O)[C@H]1CCCCN1C)[C@@H](C)CC)[C@H](C[C@@H](OC(C)=O)c1nc(C(=O)N[C@@H](Cc2ccc(NC(=O)CO)cc2)CC(C)(C)C(=O)O)cs1)C(C)C. The van der Waals surface area contributed by atoms with Crippen LogP contribution in [0.4, 0.5) is 5.69 Å². The maximum atomic E-state index is 14.9. The summed E-state index contributed by atoms with van der Waals surface area (Å²) >= 11 is 1.16. The van der Waals surface area contributed by atoms with Crippen molar-refractivity contribution in [1.82, 2.24) is 25.4 Å². The molecule has 0 radical (unpaired) electrons. The number of carboxylic acids is 1. The molecular weight excluding hydrogens is 813 g/mol. The largest absolute Gasteiger partial charge is 0.481 e. The zero-order valence-corrected chi connectivity index (χ0v) is 39.1. The van der Waals surface area contributed by atoms with Crippen LogP contribution in [0.2, 0.25) is 0 Å². The number of rotatable bonds is 25. The van der Waals surface area contributed by atoms with Gasteiger partial charge in [-0.1, -0.05) is 78.9 Å². The van der Waals surface area contributed by atoms with Crippen LogP contribution in [0.1, 0.15) is 147 Å². The highest BCUT2D eigenvalue weighted by Gasteiger charge is 2.39. The summed E-state index contributed by atoms with van der Waals surface area (Å²) in [7, 11) is 1.95. The van der Waals surface area contributed by atoms with E-state index in [2.05, 4.69) is 32.8 Å². The van der Waals surface area contributed by atoms with Gasteiger partial charge in [-0.25, -0.2) is 4.98 Å². The second-order valence-corrected chi connectivity index (χ2v) is 18.7. The Hall–Kier alpha value is -4.41. The summed E-state index contributed by atoms with van der Waals surface area (Å²) in [5, 5.41) is 29.7. The quantitative estimate of drug-likeness (QED) is 0.0548. The van der Waals surface area contributed by atoms with Gasteiger partial charge in [0.15, 0.2) is 6.10 Å². The van der Waals surface area contributed by atoms with Crippen LogP contribution in [-0.4, -0.2) is 111 Å². The molecule has 16 heteroatoms. The second-order valence-electron chi connectivity index (χ2n) is 17.8. The van der Waals surface area contributed by atoms with Crippen molar-refractivity contribution in [3.05, 3.63) is 45.9 Å². The number of aromatic nitrogens is 1. The lowest BCUT2D eigenvalue weighted by Crippen LogP contribution is -2.59. The maximum Gasteiger partial charge on any atom is 0.309 e. The van der Waals surface area contributed by atoms with Crippen LogP contribution in [0, 0.1) is 17.3 Å². The molecule has 1 aromatic carbocycles. The molecule has 1 aliphatic rings. The van der Waals surface area contributed by atoms with Gasteiger partial charge in [-0.2, -0.15) is 0 Å². The van der Waals surface area contributed by atoms with E-state index < -0.39 is 60.0 Å². The molecule has 1 saturated heterocycles. The molecule has 6 atom stereocenters. The van der Waals surface area contributed by atoms with E-state index in [0.717, 1.165) is 68.4 Å². The number of esters is 1. The molecule has 5 N–H and O–H groups in total. The number of likely N-dealkylation sites (N-methyl/N-ethyl adjacent to an activating group) is 1. The van der Waals surface area contributed by atoms with E-state index in [9.17, 15) is 33.9 Å². The zero-order valence-electron chi connectivity index (χ0n) is 38.3. The van der Waals surface area contributed by atoms with E-state index in [0.29, 0.717) is 23.7 Å². The van der Waals surface area contributed by atoms with Gasteiger partial charge < -0.3 is 35.8 Å². The van der Waals surface area contributed by atoms with Gasteiger partial charge in [-0.3, -0.25) is 33.7 Å². The monoisotopic (exact) mass is 885 g/mol. The number of carbonyl (C=O) groups excluding carboxylic acids is 5. The highest BCUT2D eigenvalue weighted by atomic mass is 32.1. The Labute approximate surface area is 372 Å². The molecule has 1 aromatic heterocycles. The minimum Gasteiger partial charge on any atom is -0.481 e. The first-order valence-corrected chi connectivity index (χ1v) is 23.2. The summed E-state index contributed by atoms with van der Waals surface area (Å²) in [4.78, 5) is 87.6. The van der Waals surface area contributed by atoms with Crippen LogP contribution < -0.4 is 16.0 Å². The van der Waals surface area contributed by atoms with Crippen LogP contribution >= 0.6 is 11.3 Å². The molecule has 1 fully saturated rings. The van der Waals surface area contributed by atoms with Gasteiger partial charge in [0.05, 0.1) is 11.5 Å². The van der Waals surface area contributed by atoms with Crippen molar-refractivity contribution in [3.8, 4) is 0 Å². The molecule has 2 aromatic rings. The number of anilines is 1. The standard InChI is InChI=1S/C46H72N6O9S/c1-10-12-13-15-23-52(44(58)40(30(5)11-2)50-42(57)36-17-14-16-22-51(36)9)37(29(3)4)25-38(61-31(6)54)43-49-35(28-62-43)41(56)48-34(26-46(7,8)45(59)60)24-32-18-20-33(21-19-32)47-39(55)27-53/h18-21,28-30,34,36-38,40,53H,10-17,22-27H2,1-9H3,(H,47,55)(H,48,56)(H,50,57)(H,59,60)/t30-,34-,36+,37+,38+,40-/m0/s1. The second kappa shape index (κ2) is 25.0. The van der Waals surface area contributed by atoms with Crippen molar-refractivity contribution in [2.24, 2.45) is 17.3 Å². The Balaban J connectivity index is 1.93. The van der Waals surface area contributed by atoms with Crippen LogP contribution in [0.15, 0.2) is 29.6 Å². The van der Waals surface area contributed by atoms with Crippen LogP contribution in [0.5, 0.6) is 0 Å². The van der Waals surface area contributed by atoms with E-state index in [4.69, 9.17) is 9.84 Å². The smallest absolute Gasteiger partial charge is 0.309 e. The molecule has 62 heavy (non-hydrogen) atoms. The predicted molar refractivity (Wildman–Crippen MR) is 241 cm³/mol. The molecule has 346 valence electrons. The first kappa shape index (κ1) is 51.9. The fourth-order valence-corrected chi connectivity index (χ4v) is 8.77. The Bertz CT molecular complexity index is 1780. The van der Waals surface area contributed by atoms with E-state index in [1.165, 1.54) is 6.92 Å². The summed E-state index contributed by atoms with van der Waals surface area (Å²) in [5.74, 6) is -3.18. The zero-order chi connectivity index (χ0) is 46.1. The minimum absolute atomic E-state index is 0.0724. The molecule has 3 rings (SSSR count). The van der Waals surface area contributed by atoms with E-state index in [1.54, 1.807) is 43.5 Å². The third-order valence-electron chi connectivity index (χ3n) is 11.9. The predicted octanol–water partition coefficient (Wildman–Crippen LogP) is 6.36. The highest BCUT2D eigenvalue weighted by molar-refractivity contribution is 7.09. The molecule has 2 heterocycles. The Kier molecular flexibility index (Phi) is 21.0. The van der Waals surface area contributed by atoms with Gasteiger partial charge in [0.1, 0.15) is 23.4 Å². The number of benzene rings is 1. The lowest BCUT2D eigenvalue weighted by molar-refractivity contribution is -0.150. The number of aliphatic hydroxyl groups is 1. The number of hydrogen-bond acceptors (Lipinski definition) is 11. The van der Waals surface area contributed by atoms with Gasteiger partial charge in [0.25, 0.3) is 5.91 Å². The molecule has 0 unspecified atom stereocenters. The van der Waals surface area contributed by atoms with E-state index in [1.807, 2.05) is 39.6 Å². The maximum absolute atomic E-state index is 14.9. The first-order chi connectivity index (χ1) is 29.3. The normalized spacial score (nSPS) is 17.0. The summed E-state index contributed by atoms with van der Waals surface area (Å²) in [5.41, 5.74) is 0.139. The number of amides is 4. The van der Waals surface area contributed by atoms with E-state index in [-0.39, 0.29) is 54.6 Å². The number of hydrogen-bond donors (Lipinski definition) is 5. The van der Waals surface area contributed by atoms with Crippen molar-refractivity contribution in [2.45, 2.75) is 156 Å². The summed E-state index contributed by atoms with van der Waals surface area (Å²) in [6, 6.07) is 4.73. The number of likely N-dealkylation sites (tertiary alicyclic amines) is 1. The molecule has 0 aliphatic carbocycles. The van der Waals surface area contributed by atoms with Crippen LogP contribution in [-0.2, 0) is 35.1 Å². The number of carboxylic acid groups (broad SMARTS) is 1. The average molecular weight is 885 g/mol. The van der Waals surface area contributed by atoms with Gasteiger partial charge in [0.2, 0.25) is 17.7 Å². The number of aliphatic hydroxyl groups excluding tert-OH is 1. The number of ether oxygens (including phenoxy) is 1. The first-order valence-electron chi connectivity index (χ1n) is 22.3. The number of piperidine rings is 1. The number of nitrogens with zero attached hydrogens (tertiary/aromatic N) is 3. The number of aliphatic carboxylic acids is 1. The van der Waals surface area contributed by atoms with Gasteiger partial charge in [-0.05, 0) is 89.1 Å². The lowest BCUT2D eigenvalue weighted by Gasteiger charge is -2.40. The number of nitrogens with one attached hydrogen (secondary N) is 3. The van der Waals surface area contributed by atoms with Crippen LogP contribution in [0.3, 0.4) is 0 Å². The van der Waals surface area contributed by atoms with Crippen molar-refractivity contribution in [1.29, 1.82) is 0 Å². The topological polar surface area (TPSA) is 208 Å². The van der Waals surface area contributed by atoms with Gasteiger partial charge in [0, 0.05) is 43.0 Å². The van der Waals surface area contributed by atoms with Crippen molar-refractivity contribution < 1.29 is 43.7 Å². The molecule has 0 bridgehead atoms. The Morgan fingerprint density at radius 2 is 1.71 bits per heavy atom. The third kappa shape index (κ3) is 15.7. The fraction of sp³-hybridized carbons (Fsp3) is 0.674. The third-order valence-corrected chi connectivity index (χ3v) is 12.8. The fourth-order valence-electron chi connectivity index (χ4n) is 7.93.